The third kappa shape index (κ3) is 6.24. The molecule has 36 heavy (non-hydrogen) atoms. The van der Waals surface area contributed by atoms with E-state index in [2.05, 4.69) is 15.5 Å². The number of thiophene rings is 1. The van der Waals surface area contributed by atoms with E-state index < -0.39 is 11.9 Å². The highest BCUT2D eigenvalue weighted by Crippen LogP contribution is 2.34. The lowest BCUT2D eigenvalue weighted by Gasteiger charge is -2.10. The zero-order valence-electron chi connectivity index (χ0n) is 20.8. The van der Waals surface area contributed by atoms with E-state index in [0.717, 1.165) is 22.6 Å². The van der Waals surface area contributed by atoms with Gasteiger partial charge in [-0.3, -0.25) is 9.59 Å². The first-order valence-electron chi connectivity index (χ1n) is 11.4. The maximum atomic E-state index is 12.8. The monoisotopic (exact) mass is 531 g/mol. The van der Waals surface area contributed by atoms with Crippen molar-refractivity contribution in [2.24, 2.45) is 5.73 Å². The van der Waals surface area contributed by atoms with Crippen LogP contribution in [0.3, 0.4) is 0 Å². The number of benzene rings is 1. The van der Waals surface area contributed by atoms with Crippen molar-refractivity contribution < 1.29 is 23.9 Å². The number of anilines is 1. The van der Waals surface area contributed by atoms with Crippen molar-refractivity contribution in [3.8, 4) is 17.1 Å². The summed E-state index contributed by atoms with van der Waals surface area (Å²) >= 11 is 2.17. The predicted octanol–water partition coefficient (Wildman–Crippen LogP) is 4.13. The first kappa shape index (κ1) is 27.2. The highest BCUT2D eigenvalue weighted by molar-refractivity contribution is 7.99. The highest BCUT2D eigenvalue weighted by Gasteiger charge is 2.26. The summed E-state index contributed by atoms with van der Waals surface area (Å²) in [5.74, 6) is -0.201. The minimum Gasteiger partial charge on any atom is -0.494 e. The summed E-state index contributed by atoms with van der Waals surface area (Å²) in [6.07, 6.45) is -0.363. The van der Waals surface area contributed by atoms with E-state index in [-0.39, 0.29) is 33.2 Å². The van der Waals surface area contributed by atoms with Crippen LogP contribution in [0.15, 0.2) is 29.4 Å². The molecule has 1 aromatic carbocycles. The average Bonchev–Trinajstić information content (AvgIpc) is 3.38. The van der Waals surface area contributed by atoms with E-state index in [0.29, 0.717) is 29.7 Å². The van der Waals surface area contributed by atoms with Crippen LogP contribution in [0.25, 0.3) is 11.4 Å². The number of hydrogen-bond donors (Lipinski definition) is 2. The number of rotatable bonds is 11. The molecule has 192 valence electrons. The van der Waals surface area contributed by atoms with Crippen molar-refractivity contribution >= 4 is 45.9 Å². The Hall–Kier alpha value is -3.38. The normalized spacial score (nSPS) is 10.9. The molecule has 0 saturated carbocycles. The van der Waals surface area contributed by atoms with Gasteiger partial charge in [0, 0.05) is 12.1 Å². The van der Waals surface area contributed by atoms with E-state index in [1.165, 1.54) is 11.8 Å². The van der Waals surface area contributed by atoms with Gasteiger partial charge in [-0.15, -0.1) is 21.5 Å². The molecule has 0 aliphatic rings. The molecule has 0 saturated heterocycles. The Balaban J connectivity index is 1.75. The quantitative estimate of drug-likeness (QED) is 0.278. The minimum absolute atomic E-state index is 0.0168. The largest absolute Gasteiger partial charge is 0.494 e. The topological polar surface area (TPSA) is 138 Å². The fraction of sp³-hybridized carbons (Fsp3) is 0.375. The molecule has 12 heteroatoms. The molecule has 3 aromatic rings. The molecule has 0 unspecified atom stereocenters. The Morgan fingerprint density at radius 1 is 1.17 bits per heavy atom. The summed E-state index contributed by atoms with van der Waals surface area (Å²) in [6, 6.07) is 7.57. The average molecular weight is 532 g/mol. The number of carbonyl (C=O) groups excluding carboxylic acids is 3. The van der Waals surface area contributed by atoms with E-state index in [1.807, 2.05) is 42.7 Å². The van der Waals surface area contributed by atoms with Gasteiger partial charge in [-0.1, -0.05) is 11.8 Å². The fourth-order valence-corrected chi connectivity index (χ4v) is 5.27. The van der Waals surface area contributed by atoms with Crippen LogP contribution in [-0.2, 0) is 16.1 Å². The van der Waals surface area contributed by atoms with Crippen molar-refractivity contribution in [1.82, 2.24) is 14.8 Å². The van der Waals surface area contributed by atoms with Crippen LogP contribution < -0.4 is 15.8 Å². The van der Waals surface area contributed by atoms with Crippen LogP contribution in [0.2, 0.25) is 0 Å². The number of amides is 2. The van der Waals surface area contributed by atoms with Crippen LogP contribution in [0, 0.1) is 6.92 Å². The molecule has 0 aliphatic carbocycles. The molecule has 0 radical (unpaired) electrons. The predicted molar refractivity (Wildman–Crippen MR) is 140 cm³/mol. The molecule has 2 aromatic heterocycles. The molecule has 10 nitrogen and oxygen atoms in total. The third-order valence-electron chi connectivity index (χ3n) is 4.96. The number of hydrogen-bond acceptors (Lipinski definition) is 9. The molecular weight excluding hydrogens is 502 g/mol. The molecule has 0 fully saturated rings. The van der Waals surface area contributed by atoms with Gasteiger partial charge in [0.05, 0.1) is 28.9 Å². The number of esters is 1. The molecule has 0 aliphatic heterocycles. The fourth-order valence-electron chi connectivity index (χ4n) is 3.41. The van der Waals surface area contributed by atoms with Gasteiger partial charge in [-0.2, -0.15) is 0 Å². The lowest BCUT2D eigenvalue weighted by atomic mass is 10.1. The number of primary amides is 1. The van der Waals surface area contributed by atoms with Gasteiger partial charge < -0.3 is 25.1 Å². The van der Waals surface area contributed by atoms with E-state index >= 15 is 0 Å². The number of nitrogens with zero attached hydrogens (tertiary/aromatic N) is 3. The van der Waals surface area contributed by atoms with Crippen LogP contribution in [0.1, 0.15) is 53.3 Å². The number of thioether (sulfide) groups is 1. The van der Waals surface area contributed by atoms with Gasteiger partial charge in [0.15, 0.2) is 11.0 Å². The van der Waals surface area contributed by atoms with Crippen molar-refractivity contribution in [2.45, 2.75) is 52.4 Å². The summed E-state index contributed by atoms with van der Waals surface area (Å²) in [5, 5.41) is 12.1. The third-order valence-corrected chi connectivity index (χ3v) is 7.15. The standard InChI is InChI=1S/C24H29N5O5S2/c1-6-29-21(15-8-10-16(11-9-15)33-7-2)27-28-24(29)35-12-17(30)26-22-18(23(32)34-13(3)4)14(5)19(36-22)20(25)31/h8-11,13H,6-7,12H2,1-5H3,(H2,25,31)(H,26,30). The number of ether oxygens (including phenoxy) is 2. The molecule has 2 heterocycles. The lowest BCUT2D eigenvalue weighted by Crippen LogP contribution is -2.18. The first-order chi connectivity index (χ1) is 17.2. The first-order valence-corrected chi connectivity index (χ1v) is 13.2. The minimum atomic E-state index is -0.677. The second-order valence-electron chi connectivity index (χ2n) is 7.92. The van der Waals surface area contributed by atoms with Crippen molar-refractivity contribution in [2.75, 3.05) is 17.7 Å². The smallest absolute Gasteiger partial charge is 0.341 e. The lowest BCUT2D eigenvalue weighted by molar-refractivity contribution is -0.113. The number of carbonyl (C=O) groups is 3. The number of nitrogens with two attached hydrogens (primary N) is 1. The van der Waals surface area contributed by atoms with Gasteiger partial charge in [-0.05, 0) is 64.4 Å². The molecular formula is C24H29N5O5S2. The van der Waals surface area contributed by atoms with Gasteiger partial charge in [0.25, 0.3) is 5.91 Å². The number of nitrogens with one attached hydrogen (secondary N) is 1. The summed E-state index contributed by atoms with van der Waals surface area (Å²) in [5.41, 5.74) is 6.84. The Morgan fingerprint density at radius 3 is 2.44 bits per heavy atom. The Morgan fingerprint density at radius 2 is 1.86 bits per heavy atom. The maximum absolute atomic E-state index is 12.8. The van der Waals surface area contributed by atoms with Crippen LogP contribution in [0.5, 0.6) is 5.75 Å². The summed E-state index contributed by atoms with van der Waals surface area (Å²) in [7, 11) is 0. The van der Waals surface area contributed by atoms with Crippen molar-refractivity contribution in [3.05, 3.63) is 40.3 Å². The van der Waals surface area contributed by atoms with Gasteiger partial charge in [-0.25, -0.2) is 4.79 Å². The highest BCUT2D eigenvalue weighted by atomic mass is 32.2. The molecule has 0 atom stereocenters. The van der Waals surface area contributed by atoms with E-state index in [9.17, 15) is 14.4 Å². The van der Waals surface area contributed by atoms with Crippen molar-refractivity contribution in [1.29, 1.82) is 0 Å². The Bertz CT molecular complexity index is 1250. The zero-order valence-corrected chi connectivity index (χ0v) is 22.4. The molecule has 3 N–H and O–H groups in total. The summed E-state index contributed by atoms with van der Waals surface area (Å²) in [4.78, 5) is 37.4. The van der Waals surface area contributed by atoms with Gasteiger partial charge >= 0.3 is 5.97 Å². The summed E-state index contributed by atoms with van der Waals surface area (Å²) in [6.45, 7) is 10.1. The van der Waals surface area contributed by atoms with Crippen LogP contribution >= 0.6 is 23.1 Å². The van der Waals surface area contributed by atoms with Gasteiger partial charge in [0.1, 0.15) is 10.8 Å². The summed E-state index contributed by atoms with van der Waals surface area (Å²) < 4.78 is 12.7. The SMILES string of the molecule is CCOc1ccc(-c2nnc(SCC(=O)Nc3sc(C(N)=O)c(C)c3C(=O)OC(C)C)n2CC)cc1. The maximum Gasteiger partial charge on any atom is 0.341 e. The Labute approximate surface area is 217 Å². The zero-order chi connectivity index (χ0) is 26.4. The number of aromatic nitrogens is 3. The van der Waals surface area contributed by atoms with E-state index in [4.69, 9.17) is 15.2 Å². The molecule has 0 bridgehead atoms. The Kier molecular flexibility index (Phi) is 9.10. The van der Waals surface area contributed by atoms with Crippen molar-refractivity contribution in [3.63, 3.8) is 0 Å². The van der Waals surface area contributed by atoms with Crippen LogP contribution in [-0.4, -0.2) is 51.0 Å². The molecule has 0 spiro atoms. The van der Waals surface area contributed by atoms with Crippen LogP contribution in [0.4, 0.5) is 5.00 Å². The second-order valence-corrected chi connectivity index (χ2v) is 9.89. The second kappa shape index (κ2) is 12.0. The van der Waals surface area contributed by atoms with E-state index in [1.54, 1.807) is 20.8 Å². The molecule has 3 rings (SSSR count). The van der Waals surface area contributed by atoms with Gasteiger partial charge in [0.2, 0.25) is 5.91 Å². The molecule has 2 amide bonds.